The van der Waals surface area contributed by atoms with E-state index >= 15 is 0 Å². The van der Waals surface area contributed by atoms with Crippen molar-refractivity contribution in [3.8, 4) is 5.69 Å². The van der Waals surface area contributed by atoms with Crippen LogP contribution in [0.2, 0.25) is 0 Å². The maximum Gasteiger partial charge on any atom is 0.253 e. The van der Waals surface area contributed by atoms with E-state index in [-0.39, 0.29) is 11.9 Å². The molecule has 0 spiro atoms. The molecule has 1 aromatic carbocycles. The molecule has 1 saturated carbocycles. The normalized spacial score (nSPS) is 21.5. The fourth-order valence-electron chi connectivity index (χ4n) is 2.98. The molecule has 0 unspecified atom stereocenters. The van der Waals surface area contributed by atoms with E-state index in [1.54, 1.807) is 18.0 Å². The van der Waals surface area contributed by atoms with Crippen LogP contribution in [0, 0.1) is 0 Å². The van der Waals surface area contributed by atoms with Gasteiger partial charge in [0.2, 0.25) is 0 Å². The molecule has 1 N–H and O–H groups in total. The van der Waals surface area contributed by atoms with E-state index in [4.69, 9.17) is 4.74 Å². The highest BCUT2D eigenvalue weighted by molar-refractivity contribution is 5.97. The molecule has 0 bridgehead atoms. The summed E-state index contributed by atoms with van der Waals surface area (Å²) >= 11 is 0. The molecular weight excluding hydrogens is 278 g/mol. The largest absolute Gasteiger partial charge is 0.381 e. The van der Waals surface area contributed by atoms with E-state index in [2.05, 4.69) is 10.4 Å². The van der Waals surface area contributed by atoms with Gasteiger partial charge in [-0.1, -0.05) is 12.1 Å². The number of ether oxygens (including phenoxy) is 1. The Hall–Kier alpha value is -2.14. The smallest absolute Gasteiger partial charge is 0.253 e. The first-order chi connectivity index (χ1) is 10.8. The average Bonchev–Trinajstić information content (AvgIpc) is 3.10. The summed E-state index contributed by atoms with van der Waals surface area (Å²) in [7, 11) is 1.75. The summed E-state index contributed by atoms with van der Waals surface area (Å²) in [4.78, 5) is 12.6. The van der Waals surface area contributed by atoms with Crippen LogP contribution in [-0.4, -0.2) is 34.9 Å². The lowest BCUT2D eigenvalue weighted by atomic mass is 9.92. The number of aromatic nitrogens is 2. The molecule has 1 aliphatic carbocycles. The third-order valence-electron chi connectivity index (χ3n) is 4.24. The molecule has 22 heavy (non-hydrogen) atoms. The van der Waals surface area contributed by atoms with Crippen molar-refractivity contribution in [3.05, 3.63) is 48.3 Å². The van der Waals surface area contributed by atoms with Crippen LogP contribution in [0.15, 0.2) is 42.7 Å². The van der Waals surface area contributed by atoms with Crippen LogP contribution in [0.3, 0.4) is 0 Å². The van der Waals surface area contributed by atoms with E-state index in [9.17, 15) is 4.79 Å². The maximum absolute atomic E-state index is 12.6. The summed E-state index contributed by atoms with van der Waals surface area (Å²) in [5.74, 6) is -0.0352. The molecule has 5 heteroatoms. The van der Waals surface area contributed by atoms with E-state index < -0.39 is 0 Å². The zero-order valence-electron chi connectivity index (χ0n) is 12.7. The van der Waals surface area contributed by atoms with Gasteiger partial charge < -0.3 is 10.1 Å². The Bertz CT molecular complexity index is 617. The second kappa shape index (κ2) is 6.75. The fourth-order valence-corrected chi connectivity index (χ4v) is 2.98. The van der Waals surface area contributed by atoms with Crippen molar-refractivity contribution in [2.75, 3.05) is 7.11 Å². The summed E-state index contributed by atoms with van der Waals surface area (Å²) in [6.45, 7) is 0. The molecule has 5 nitrogen and oxygen atoms in total. The number of hydrogen-bond donors (Lipinski definition) is 1. The van der Waals surface area contributed by atoms with Gasteiger partial charge in [0.25, 0.3) is 5.91 Å². The van der Waals surface area contributed by atoms with Crippen molar-refractivity contribution in [1.82, 2.24) is 15.1 Å². The molecule has 0 saturated heterocycles. The molecule has 1 fully saturated rings. The Balaban J connectivity index is 1.71. The van der Waals surface area contributed by atoms with Gasteiger partial charge in [0.15, 0.2) is 0 Å². The minimum Gasteiger partial charge on any atom is -0.381 e. The summed E-state index contributed by atoms with van der Waals surface area (Å²) in [5.41, 5.74) is 1.45. The van der Waals surface area contributed by atoms with Crippen molar-refractivity contribution in [2.24, 2.45) is 0 Å². The number of nitrogens with zero attached hydrogens (tertiary/aromatic N) is 2. The monoisotopic (exact) mass is 299 g/mol. The van der Waals surface area contributed by atoms with Gasteiger partial charge in [0.05, 0.1) is 17.4 Å². The SMILES string of the molecule is COC1CCC(NC(=O)c2ccccc2-n2cccn2)CC1. The van der Waals surface area contributed by atoms with Crippen molar-refractivity contribution in [3.63, 3.8) is 0 Å². The summed E-state index contributed by atoms with van der Waals surface area (Å²) in [6, 6.07) is 9.61. The number of methoxy groups -OCH3 is 1. The van der Waals surface area contributed by atoms with Crippen molar-refractivity contribution in [2.45, 2.75) is 37.8 Å². The van der Waals surface area contributed by atoms with Crippen LogP contribution in [0.4, 0.5) is 0 Å². The Morgan fingerprint density at radius 2 is 2.00 bits per heavy atom. The summed E-state index contributed by atoms with van der Waals surface area (Å²) in [5, 5.41) is 7.36. The number of carbonyl (C=O) groups is 1. The Morgan fingerprint density at radius 1 is 1.23 bits per heavy atom. The number of para-hydroxylation sites is 1. The molecule has 2 aromatic rings. The Kier molecular flexibility index (Phi) is 4.53. The van der Waals surface area contributed by atoms with Crippen LogP contribution in [0.1, 0.15) is 36.0 Å². The van der Waals surface area contributed by atoms with Gasteiger partial charge in [0.1, 0.15) is 0 Å². The number of hydrogen-bond acceptors (Lipinski definition) is 3. The Morgan fingerprint density at radius 3 is 2.68 bits per heavy atom. The van der Waals surface area contributed by atoms with E-state index in [0.29, 0.717) is 11.7 Å². The molecule has 0 radical (unpaired) electrons. The van der Waals surface area contributed by atoms with Gasteiger partial charge in [-0.3, -0.25) is 4.79 Å². The van der Waals surface area contributed by atoms with Crippen molar-refractivity contribution in [1.29, 1.82) is 0 Å². The lowest BCUT2D eigenvalue weighted by molar-refractivity contribution is 0.0599. The lowest BCUT2D eigenvalue weighted by Crippen LogP contribution is -2.39. The third-order valence-corrected chi connectivity index (χ3v) is 4.24. The maximum atomic E-state index is 12.6. The number of rotatable bonds is 4. The molecule has 1 amide bonds. The quantitative estimate of drug-likeness (QED) is 0.944. The number of nitrogens with one attached hydrogen (secondary N) is 1. The first-order valence-corrected chi connectivity index (χ1v) is 7.70. The molecule has 0 atom stereocenters. The van der Waals surface area contributed by atoms with Crippen LogP contribution < -0.4 is 5.32 Å². The third kappa shape index (κ3) is 3.20. The number of carbonyl (C=O) groups excluding carboxylic acids is 1. The molecule has 3 rings (SSSR count). The highest BCUT2D eigenvalue weighted by Gasteiger charge is 2.23. The molecule has 116 valence electrons. The topological polar surface area (TPSA) is 56.1 Å². The molecular formula is C17H21N3O2. The van der Waals surface area contributed by atoms with Gasteiger partial charge in [-0.2, -0.15) is 5.10 Å². The fraction of sp³-hybridized carbons (Fsp3) is 0.412. The minimum absolute atomic E-state index is 0.0352. The van der Waals surface area contributed by atoms with Gasteiger partial charge in [-0.15, -0.1) is 0 Å². The van der Waals surface area contributed by atoms with Gasteiger partial charge in [-0.05, 0) is 43.9 Å². The highest BCUT2D eigenvalue weighted by atomic mass is 16.5. The van der Waals surface area contributed by atoms with Crippen molar-refractivity contribution < 1.29 is 9.53 Å². The summed E-state index contributed by atoms with van der Waals surface area (Å²) < 4.78 is 7.09. The highest BCUT2D eigenvalue weighted by Crippen LogP contribution is 2.21. The first kappa shape index (κ1) is 14.8. The zero-order valence-corrected chi connectivity index (χ0v) is 12.7. The van der Waals surface area contributed by atoms with E-state index in [0.717, 1.165) is 31.4 Å². The van der Waals surface area contributed by atoms with E-state index in [1.807, 2.05) is 36.5 Å². The molecule has 1 aromatic heterocycles. The standard InChI is InChI=1S/C17H21N3O2/c1-22-14-9-7-13(8-10-14)19-17(21)15-5-2-3-6-16(15)20-12-4-11-18-20/h2-6,11-14H,7-10H2,1H3,(H,19,21). The van der Waals surface area contributed by atoms with Crippen LogP contribution >= 0.6 is 0 Å². The zero-order chi connectivity index (χ0) is 15.4. The average molecular weight is 299 g/mol. The summed E-state index contributed by atoms with van der Waals surface area (Å²) in [6.07, 6.45) is 7.83. The van der Waals surface area contributed by atoms with Crippen molar-refractivity contribution >= 4 is 5.91 Å². The van der Waals surface area contributed by atoms with Crippen LogP contribution in [0.5, 0.6) is 0 Å². The van der Waals surface area contributed by atoms with Crippen LogP contribution in [-0.2, 0) is 4.74 Å². The molecule has 1 aliphatic rings. The van der Waals surface area contributed by atoms with Gasteiger partial charge in [-0.25, -0.2) is 4.68 Å². The molecule has 0 aliphatic heterocycles. The number of amides is 1. The second-order valence-electron chi connectivity index (χ2n) is 5.65. The first-order valence-electron chi connectivity index (χ1n) is 7.70. The lowest BCUT2D eigenvalue weighted by Gasteiger charge is -2.28. The number of benzene rings is 1. The predicted octanol–water partition coefficient (Wildman–Crippen LogP) is 2.56. The molecule has 1 heterocycles. The van der Waals surface area contributed by atoms with Gasteiger partial charge in [0, 0.05) is 25.5 Å². The van der Waals surface area contributed by atoms with Crippen LogP contribution in [0.25, 0.3) is 5.69 Å². The van der Waals surface area contributed by atoms with Gasteiger partial charge >= 0.3 is 0 Å². The predicted molar refractivity (Wildman–Crippen MR) is 84.1 cm³/mol. The minimum atomic E-state index is -0.0352. The second-order valence-corrected chi connectivity index (χ2v) is 5.65. The Labute approximate surface area is 130 Å². The van der Waals surface area contributed by atoms with E-state index in [1.165, 1.54) is 0 Å².